The standard InChI is InChI=1S/C20H27N/c1-20(2,15-16-21-3)14-13-17-9-11-19(12-10-17)18-7-5-4-6-8-18/h4-12,21H,13-16H2,1-3H3. The second kappa shape index (κ2) is 7.42. The molecule has 1 N–H and O–H groups in total. The molecule has 112 valence electrons. The highest BCUT2D eigenvalue weighted by Crippen LogP contribution is 2.27. The van der Waals surface area contributed by atoms with Crippen LogP contribution in [0.15, 0.2) is 54.6 Å². The highest BCUT2D eigenvalue weighted by molar-refractivity contribution is 5.63. The topological polar surface area (TPSA) is 12.0 Å². The number of hydrogen-bond donors (Lipinski definition) is 1. The van der Waals surface area contributed by atoms with Crippen molar-refractivity contribution in [2.75, 3.05) is 13.6 Å². The van der Waals surface area contributed by atoms with E-state index in [1.165, 1.54) is 29.5 Å². The van der Waals surface area contributed by atoms with Crippen molar-refractivity contribution >= 4 is 0 Å². The van der Waals surface area contributed by atoms with Crippen molar-refractivity contribution in [1.29, 1.82) is 0 Å². The van der Waals surface area contributed by atoms with E-state index >= 15 is 0 Å². The van der Waals surface area contributed by atoms with Gasteiger partial charge in [0, 0.05) is 0 Å². The summed E-state index contributed by atoms with van der Waals surface area (Å²) >= 11 is 0. The normalized spacial score (nSPS) is 11.6. The summed E-state index contributed by atoms with van der Waals surface area (Å²) in [7, 11) is 2.03. The van der Waals surface area contributed by atoms with Crippen molar-refractivity contribution in [3.8, 4) is 11.1 Å². The Morgan fingerprint density at radius 3 is 2.05 bits per heavy atom. The number of aryl methyl sites for hydroxylation is 1. The van der Waals surface area contributed by atoms with Gasteiger partial charge in [0.15, 0.2) is 0 Å². The molecule has 0 fully saturated rings. The predicted octanol–water partition coefficient (Wildman–Crippen LogP) is 4.92. The van der Waals surface area contributed by atoms with Crippen LogP contribution in [0.4, 0.5) is 0 Å². The van der Waals surface area contributed by atoms with E-state index in [4.69, 9.17) is 0 Å². The fourth-order valence-corrected chi connectivity index (χ4v) is 2.57. The number of benzene rings is 2. The first-order valence-corrected chi connectivity index (χ1v) is 7.90. The summed E-state index contributed by atoms with van der Waals surface area (Å²) in [4.78, 5) is 0. The predicted molar refractivity (Wildman–Crippen MR) is 92.5 cm³/mol. The van der Waals surface area contributed by atoms with E-state index in [2.05, 4.69) is 73.8 Å². The second-order valence-electron chi connectivity index (χ2n) is 6.58. The molecule has 0 bridgehead atoms. The third-order valence-electron chi connectivity index (χ3n) is 4.20. The van der Waals surface area contributed by atoms with E-state index in [1.807, 2.05) is 7.05 Å². The number of rotatable bonds is 7. The zero-order valence-corrected chi connectivity index (χ0v) is 13.5. The van der Waals surface area contributed by atoms with Crippen LogP contribution in [0.25, 0.3) is 11.1 Å². The molecule has 0 saturated carbocycles. The fraction of sp³-hybridized carbons (Fsp3) is 0.400. The summed E-state index contributed by atoms with van der Waals surface area (Å²) < 4.78 is 0. The molecule has 0 aliphatic heterocycles. The molecule has 0 aliphatic carbocycles. The molecule has 0 atom stereocenters. The Labute approximate surface area is 129 Å². The molecule has 2 aromatic carbocycles. The third kappa shape index (κ3) is 5.02. The van der Waals surface area contributed by atoms with Crippen LogP contribution in [-0.4, -0.2) is 13.6 Å². The minimum atomic E-state index is 0.404. The molecular weight excluding hydrogens is 254 g/mol. The minimum Gasteiger partial charge on any atom is -0.320 e. The first-order chi connectivity index (χ1) is 10.1. The second-order valence-corrected chi connectivity index (χ2v) is 6.58. The Morgan fingerprint density at radius 2 is 1.43 bits per heavy atom. The minimum absolute atomic E-state index is 0.404. The summed E-state index contributed by atoms with van der Waals surface area (Å²) in [5.41, 5.74) is 4.43. The third-order valence-corrected chi connectivity index (χ3v) is 4.20. The van der Waals surface area contributed by atoms with Gasteiger partial charge in [-0.3, -0.25) is 0 Å². The average Bonchev–Trinajstić information content (AvgIpc) is 2.53. The van der Waals surface area contributed by atoms with Gasteiger partial charge in [-0.05, 0) is 55.0 Å². The lowest BCUT2D eigenvalue weighted by Crippen LogP contribution is -2.20. The SMILES string of the molecule is CNCCC(C)(C)CCc1ccc(-c2ccccc2)cc1. The summed E-state index contributed by atoms with van der Waals surface area (Å²) in [5, 5.41) is 3.25. The van der Waals surface area contributed by atoms with Gasteiger partial charge in [-0.1, -0.05) is 68.4 Å². The Hall–Kier alpha value is -1.60. The molecule has 0 amide bonds. The Bertz CT molecular complexity index is 526. The highest BCUT2D eigenvalue weighted by Gasteiger charge is 2.16. The molecule has 0 unspecified atom stereocenters. The summed E-state index contributed by atoms with van der Waals surface area (Å²) in [6.45, 7) is 5.82. The van der Waals surface area contributed by atoms with Gasteiger partial charge in [-0.15, -0.1) is 0 Å². The van der Waals surface area contributed by atoms with E-state index in [9.17, 15) is 0 Å². The smallest absolute Gasteiger partial charge is 0.00468 e. The molecule has 0 saturated heterocycles. The first kappa shape index (κ1) is 15.8. The monoisotopic (exact) mass is 281 g/mol. The van der Waals surface area contributed by atoms with Crippen molar-refractivity contribution in [2.24, 2.45) is 5.41 Å². The van der Waals surface area contributed by atoms with Crippen LogP contribution >= 0.6 is 0 Å². The van der Waals surface area contributed by atoms with Crippen molar-refractivity contribution in [2.45, 2.75) is 33.1 Å². The van der Waals surface area contributed by atoms with Crippen molar-refractivity contribution in [1.82, 2.24) is 5.32 Å². The van der Waals surface area contributed by atoms with Gasteiger partial charge in [-0.2, -0.15) is 0 Å². The van der Waals surface area contributed by atoms with Gasteiger partial charge >= 0.3 is 0 Å². The summed E-state index contributed by atoms with van der Waals surface area (Å²) in [5.74, 6) is 0. The van der Waals surface area contributed by atoms with Gasteiger partial charge in [0.1, 0.15) is 0 Å². The lowest BCUT2D eigenvalue weighted by atomic mass is 9.83. The largest absolute Gasteiger partial charge is 0.320 e. The zero-order valence-electron chi connectivity index (χ0n) is 13.5. The Balaban J connectivity index is 1.94. The quantitative estimate of drug-likeness (QED) is 0.759. The van der Waals surface area contributed by atoms with E-state index in [0.717, 1.165) is 13.0 Å². The Morgan fingerprint density at radius 1 is 0.810 bits per heavy atom. The van der Waals surface area contributed by atoms with E-state index in [0.29, 0.717) is 5.41 Å². The first-order valence-electron chi connectivity index (χ1n) is 7.90. The fourth-order valence-electron chi connectivity index (χ4n) is 2.57. The van der Waals surface area contributed by atoms with Gasteiger partial charge < -0.3 is 5.32 Å². The summed E-state index contributed by atoms with van der Waals surface area (Å²) in [6, 6.07) is 19.6. The van der Waals surface area contributed by atoms with Crippen LogP contribution in [0.3, 0.4) is 0 Å². The molecule has 0 radical (unpaired) electrons. The van der Waals surface area contributed by atoms with Crippen LogP contribution in [0.2, 0.25) is 0 Å². The molecule has 21 heavy (non-hydrogen) atoms. The van der Waals surface area contributed by atoms with Crippen molar-refractivity contribution in [3.05, 3.63) is 60.2 Å². The molecule has 1 nitrogen and oxygen atoms in total. The summed E-state index contributed by atoms with van der Waals surface area (Å²) in [6.07, 6.45) is 3.62. The van der Waals surface area contributed by atoms with E-state index in [-0.39, 0.29) is 0 Å². The lowest BCUT2D eigenvalue weighted by molar-refractivity contribution is 0.305. The maximum absolute atomic E-state index is 3.25. The molecule has 0 aromatic heterocycles. The van der Waals surface area contributed by atoms with E-state index < -0.39 is 0 Å². The van der Waals surface area contributed by atoms with Crippen molar-refractivity contribution < 1.29 is 0 Å². The van der Waals surface area contributed by atoms with Gasteiger partial charge in [0.25, 0.3) is 0 Å². The van der Waals surface area contributed by atoms with Gasteiger partial charge in [0.05, 0.1) is 0 Å². The maximum atomic E-state index is 3.25. The molecular formula is C20H27N. The van der Waals surface area contributed by atoms with Crippen LogP contribution in [0.5, 0.6) is 0 Å². The van der Waals surface area contributed by atoms with Crippen LogP contribution in [0.1, 0.15) is 32.3 Å². The maximum Gasteiger partial charge on any atom is -0.00468 e. The Kier molecular flexibility index (Phi) is 5.58. The van der Waals surface area contributed by atoms with Crippen molar-refractivity contribution in [3.63, 3.8) is 0 Å². The molecule has 0 aliphatic rings. The molecule has 0 spiro atoms. The molecule has 0 heterocycles. The molecule has 1 heteroatoms. The van der Waals surface area contributed by atoms with Gasteiger partial charge in [0.2, 0.25) is 0 Å². The van der Waals surface area contributed by atoms with Gasteiger partial charge in [-0.25, -0.2) is 0 Å². The lowest BCUT2D eigenvalue weighted by Gasteiger charge is -2.24. The molecule has 2 rings (SSSR count). The highest BCUT2D eigenvalue weighted by atomic mass is 14.8. The van der Waals surface area contributed by atoms with Crippen LogP contribution in [0, 0.1) is 5.41 Å². The number of hydrogen-bond acceptors (Lipinski definition) is 1. The molecule has 2 aromatic rings. The van der Waals surface area contributed by atoms with Crippen LogP contribution < -0.4 is 5.32 Å². The van der Waals surface area contributed by atoms with E-state index in [1.54, 1.807) is 0 Å². The zero-order chi connectivity index (χ0) is 15.1. The number of nitrogens with one attached hydrogen (secondary N) is 1. The van der Waals surface area contributed by atoms with Crippen LogP contribution in [-0.2, 0) is 6.42 Å². The average molecular weight is 281 g/mol.